The summed E-state index contributed by atoms with van der Waals surface area (Å²) in [5.74, 6) is 0. The predicted octanol–water partition coefficient (Wildman–Crippen LogP) is 1.08. The molecule has 0 atom stereocenters. The van der Waals surface area contributed by atoms with E-state index in [1.807, 2.05) is 18.2 Å². The van der Waals surface area contributed by atoms with Crippen LogP contribution in [0.15, 0.2) is 30.6 Å². The number of rotatable bonds is 0. The van der Waals surface area contributed by atoms with Gasteiger partial charge in [0.25, 0.3) is 0 Å². The summed E-state index contributed by atoms with van der Waals surface area (Å²) in [6, 6.07) is 5.72. The fourth-order valence-electron chi connectivity index (χ4n) is 0.313. The van der Waals surface area contributed by atoms with Crippen molar-refractivity contribution in [3.8, 4) is 0 Å². The summed E-state index contributed by atoms with van der Waals surface area (Å²) >= 11 is 0. The molecular formula is C5H5CrN+2. The zero-order valence-electron chi connectivity index (χ0n) is 3.74. The Morgan fingerprint density at radius 1 is 0.857 bits per heavy atom. The van der Waals surface area contributed by atoms with Crippen molar-refractivity contribution in [2.24, 2.45) is 0 Å². The van der Waals surface area contributed by atoms with Gasteiger partial charge in [-0.25, -0.2) is 0 Å². The van der Waals surface area contributed by atoms with Crippen molar-refractivity contribution in [2.45, 2.75) is 0 Å². The summed E-state index contributed by atoms with van der Waals surface area (Å²) < 4.78 is 0. The molecule has 0 saturated heterocycles. The van der Waals surface area contributed by atoms with Crippen LogP contribution in [0.3, 0.4) is 0 Å². The molecule has 1 heterocycles. The van der Waals surface area contributed by atoms with Crippen molar-refractivity contribution >= 4 is 0 Å². The molecule has 0 aliphatic rings. The van der Waals surface area contributed by atoms with Gasteiger partial charge >= 0.3 is 17.4 Å². The van der Waals surface area contributed by atoms with Gasteiger partial charge in [0.05, 0.1) is 0 Å². The molecule has 0 radical (unpaired) electrons. The molecule has 0 unspecified atom stereocenters. The number of hydrogen-bond acceptors (Lipinski definition) is 1. The predicted molar refractivity (Wildman–Crippen MR) is 24.2 cm³/mol. The number of pyridine rings is 1. The molecule has 7 heavy (non-hydrogen) atoms. The molecule has 0 aliphatic carbocycles. The zero-order valence-corrected chi connectivity index (χ0v) is 5.02. The third kappa shape index (κ3) is 2.39. The van der Waals surface area contributed by atoms with Gasteiger partial charge in [-0.1, -0.05) is 6.07 Å². The van der Waals surface area contributed by atoms with E-state index in [2.05, 4.69) is 4.98 Å². The Morgan fingerprint density at radius 3 is 1.57 bits per heavy atom. The molecule has 0 fully saturated rings. The van der Waals surface area contributed by atoms with Gasteiger partial charge in [0.1, 0.15) is 0 Å². The van der Waals surface area contributed by atoms with Crippen LogP contribution < -0.4 is 0 Å². The standard InChI is InChI=1S/C5H5N.Cr/c1-2-4-6-5-3-1;/h1-5H;/q;+2. The summed E-state index contributed by atoms with van der Waals surface area (Å²) in [5, 5.41) is 0. The van der Waals surface area contributed by atoms with Gasteiger partial charge in [-0.3, -0.25) is 4.98 Å². The number of hydrogen-bond donors (Lipinski definition) is 0. The summed E-state index contributed by atoms with van der Waals surface area (Å²) in [6.45, 7) is 0. The van der Waals surface area contributed by atoms with Crippen LogP contribution in [0.2, 0.25) is 0 Å². The Balaban J connectivity index is 0.000000360. The summed E-state index contributed by atoms with van der Waals surface area (Å²) in [7, 11) is 0. The second-order valence-electron chi connectivity index (χ2n) is 1.02. The van der Waals surface area contributed by atoms with E-state index in [0.717, 1.165) is 0 Å². The van der Waals surface area contributed by atoms with Crippen molar-refractivity contribution in [1.82, 2.24) is 4.98 Å². The van der Waals surface area contributed by atoms with E-state index in [4.69, 9.17) is 0 Å². The SMILES string of the molecule is [Cr+2].c1ccncc1. The molecule has 0 saturated carbocycles. The minimum absolute atomic E-state index is 0. The Labute approximate surface area is 53.5 Å². The van der Waals surface area contributed by atoms with Crippen molar-refractivity contribution in [3.05, 3.63) is 30.6 Å². The molecule has 0 amide bonds. The van der Waals surface area contributed by atoms with Crippen molar-refractivity contribution < 1.29 is 17.4 Å². The first-order valence-electron chi connectivity index (χ1n) is 1.85. The Bertz CT molecular complexity index is 80.0. The van der Waals surface area contributed by atoms with Gasteiger partial charge in [0.2, 0.25) is 0 Å². The third-order valence-electron chi connectivity index (χ3n) is 0.566. The second kappa shape index (κ2) is 3.86. The zero-order chi connectivity index (χ0) is 4.24. The fourth-order valence-corrected chi connectivity index (χ4v) is 0.313. The van der Waals surface area contributed by atoms with Crippen LogP contribution in [0.25, 0.3) is 0 Å². The molecule has 1 nitrogen and oxygen atoms in total. The Hall–Kier alpha value is -0.318. The van der Waals surface area contributed by atoms with E-state index < -0.39 is 0 Å². The van der Waals surface area contributed by atoms with Gasteiger partial charge in [-0.15, -0.1) is 0 Å². The number of nitrogens with zero attached hydrogens (tertiary/aromatic N) is 1. The van der Waals surface area contributed by atoms with Crippen LogP contribution in [0.4, 0.5) is 0 Å². The molecule has 0 bridgehead atoms. The minimum Gasteiger partial charge on any atom is -0.265 e. The molecule has 1 aromatic heterocycles. The molecule has 1 aromatic rings. The molecular weight excluding hydrogens is 126 g/mol. The third-order valence-corrected chi connectivity index (χ3v) is 0.566. The molecule has 2 heteroatoms. The van der Waals surface area contributed by atoms with Crippen LogP contribution in [-0.2, 0) is 17.4 Å². The summed E-state index contributed by atoms with van der Waals surface area (Å²) in [5.41, 5.74) is 0. The Morgan fingerprint density at radius 2 is 1.43 bits per heavy atom. The quantitative estimate of drug-likeness (QED) is 0.513. The van der Waals surface area contributed by atoms with Gasteiger partial charge in [0, 0.05) is 12.4 Å². The minimum atomic E-state index is 0. The van der Waals surface area contributed by atoms with E-state index in [-0.39, 0.29) is 17.4 Å². The smallest absolute Gasteiger partial charge is 0.265 e. The first-order valence-corrected chi connectivity index (χ1v) is 1.85. The van der Waals surface area contributed by atoms with Gasteiger partial charge < -0.3 is 0 Å². The average Bonchev–Trinajstić information content (AvgIpc) is 1.72. The fraction of sp³-hybridized carbons (Fsp3) is 0. The molecule has 1 rings (SSSR count). The maximum absolute atomic E-state index is 3.78. The Kier molecular flexibility index (Phi) is 3.68. The van der Waals surface area contributed by atoms with Crippen LogP contribution in [0, 0.1) is 0 Å². The van der Waals surface area contributed by atoms with Gasteiger partial charge in [0.15, 0.2) is 0 Å². The second-order valence-corrected chi connectivity index (χ2v) is 1.02. The van der Waals surface area contributed by atoms with E-state index in [1.165, 1.54) is 0 Å². The maximum Gasteiger partial charge on any atom is 2.00 e. The number of aromatic nitrogens is 1. The molecule has 0 N–H and O–H groups in total. The topological polar surface area (TPSA) is 12.9 Å². The summed E-state index contributed by atoms with van der Waals surface area (Å²) in [6.07, 6.45) is 3.50. The average molecular weight is 131 g/mol. The molecule has 0 spiro atoms. The van der Waals surface area contributed by atoms with Gasteiger partial charge in [-0.2, -0.15) is 0 Å². The van der Waals surface area contributed by atoms with Crippen LogP contribution in [0.5, 0.6) is 0 Å². The van der Waals surface area contributed by atoms with Crippen molar-refractivity contribution in [1.29, 1.82) is 0 Å². The first kappa shape index (κ1) is 6.68. The van der Waals surface area contributed by atoms with Crippen LogP contribution in [-0.4, -0.2) is 4.98 Å². The van der Waals surface area contributed by atoms with Crippen molar-refractivity contribution in [3.63, 3.8) is 0 Å². The van der Waals surface area contributed by atoms with E-state index >= 15 is 0 Å². The monoisotopic (exact) mass is 131 g/mol. The molecule has 34 valence electrons. The van der Waals surface area contributed by atoms with Gasteiger partial charge in [-0.05, 0) is 12.1 Å². The van der Waals surface area contributed by atoms with E-state index in [9.17, 15) is 0 Å². The summed E-state index contributed by atoms with van der Waals surface area (Å²) in [4.78, 5) is 3.78. The maximum atomic E-state index is 3.78. The van der Waals surface area contributed by atoms with E-state index in [1.54, 1.807) is 12.4 Å². The van der Waals surface area contributed by atoms with Crippen LogP contribution >= 0.6 is 0 Å². The van der Waals surface area contributed by atoms with E-state index in [0.29, 0.717) is 0 Å². The van der Waals surface area contributed by atoms with Crippen molar-refractivity contribution in [2.75, 3.05) is 0 Å². The largest absolute Gasteiger partial charge is 2.00 e. The normalized spacial score (nSPS) is 6.86. The first-order chi connectivity index (χ1) is 3.00. The van der Waals surface area contributed by atoms with Crippen LogP contribution in [0.1, 0.15) is 0 Å². The molecule has 0 aliphatic heterocycles. The molecule has 0 aromatic carbocycles.